The third-order valence-corrected chi connectivity index (χ3v) is 8.43. The number of carbonyl (C=O) groups is 4. The van der Waals surface area contributed by atoms with E-state index in [4.69, 9.17) is 0 Å². The van der Waals surface area contributed by atoms with Crippen LogP contribution in [0.1, 0.15) is 52.3 Å². The normalized spacial score (nSPS) is 28.6. The SMILES string of the molecule is Cc1nnn(NC(=O)[C@H](C(=O)N2C[C@H]3[C@@H]([C@H]2C(=O)N[C@H](C#N)C[C@@H]2CCNC2=O)C32CC2)C(C)(C)C)n1. The van der Waals surface area contributed by atoms with Crippen molar-refractivity contribution in [3.05, 3.63) is 5.82 Å². The van der Waals surface area contributed by atoms with E-state index in [1.165, 1.54) is 4.90 Å². The summed E-state index contributed by atoms with van der Waals surface area (Å²) in [5, 5.41) is 26.7. The first-order chi connectivity index (χ1) is 17.5. The molecule has 13 heteroatoms. The highest BCUT2D eigenvalue weighted by Gasteiger charge is 2.79. The Morgan fingerprint density at radius 3 is 2.57 bits per heavy atom. The number of amides is 4. The van der Waals surface area contributed by atoms with E-state index < -0.39 is 41.1 Å². The summed E-state index contributed by atoms with van der Waals surface area (Å²) < 4.78 is 0. The molecule has 2 aliphatic heterocycles. The molecule has 0 bridgehead atoms. The average Bonchev–Trinajstić information content (AvgIpc) is 3.46. The molecule has 5 rings (SSSR count). The molecular weight excluding hydrogens is 478 g/mol. The van der Waals surface area contributed by atoms with Crippen molar-refractivity contribution in [3.63, 3.8) is 0 Å². The Morgan fingerprint density at radius 2 is 2.03 bits per heavy atom. The van der Waals surface area contributed by atoms with Crippen molar-refractivity contribution in [2.75, 3.05) is 18.5 Å². The summed E-state index contributed by atoms with van der Waals surface area (Å²) in [6.07, 6.45) is 2.90. The maximum atomic E-state index is 13.9. The zero-order chi connectivity index (χ0) is 26.7. The Kier molecular flexibility index (Phi) is 5.96. The van der Waals surface area contributed by atoms with Crippen LogP contribution in [0.2, 0.25) is 0 Å². The van der Waals surface area contributed by atoms with E-state index in [-0.39, 0.29) is 35.5 Å². The second-order valence-electron chi connectivity index (χ2n) is 11.9. The average molecular weight is 512 g/mol. The predicted octanol–water partition coefficient (Wildman–Crippen LogP) is -0.514. The Hall–Kier alpha value is -3.56. The smallest absolute Gasteiger partial charge is 0.254 e. The molecule has 3 N–H and O–H groups in total. The molecule has 0 radical (unpaired) electrons. The third kappa shape index (κ3) is 4.42. The van der Waals surface area contributed by atoms with Gasteiger partial charge in [-0.15, -0.1) is 10.2 Å². The lowest BCUT2D eigenvalue weighted by Gasteiger charge is -2.36. The van der Waals surface area contributed by atoms with Crippen LogP contribution in [-0.4, -0.2) is 74.0 Å². The second kappa shape index (κ2) is 8.78. The van der Waals surface area contributed by atoms with Crippen LogP contribution in [0.5, 0.6) is 0 Å². The molecule has 3 heterocycles. The van der Waals surface area contributed by atoms with E-state index in [1.54, 1.807) is 27.7 Å². The van der Waals surface area contributed by atoms with Crippen LogP contribution in [0, 0.1) is 52.8 Å². The van der Waals surface area contributed by atoms with Crippen LogP contribution < -0.4 is 16.1 Å². The first kappa shape index (κ1) is 25.1. The quantitative estimate of drug-likeness (QED) is 0.410. The molecule has 37 heavy (non-hydrogen) atoms. The lowest BCUT2D eigenvalue weighted by atomic mass is 9.79. The molecule has 2 saturated carbocycles. The van der Waals surface area contributed by atoms with E-state index in [2.05, 4.69) is 37.5 Å². The number of hydrogen-bond donors (Lipinski definition) is 3. The summed E-state index contributed by atoms with van der Waals surface area (Å²) in [5.74, 6) is -2.34. The highest BCUT2D eigenvalue weighted by molar-refractivity contribution is 6.05. The van der Waals surface area contributed by atoms with Crippen molar-refractivity contribution in [2.24, 2.45) is 34.5 Å². The van der Waals surface area contributed by atoms with E-state index in [0.717, 1.165) is 17.7 Å². The van der Waals surface area contributed by atoms with Gasteiger partial charge in [-0.25, -0.2) is 5.43 Å². The number of aromatic nitrogens is 4. The van der Waals surface area contributed by atoms with Crippen LogP contribution in [-0.2, 0) is 19.2 Å². The molecule has 1 aromatic rings. The van der Waals surface area contributed by atoms with Gasteiger partial charge in [-0.2, -0.15) is 5.26 Å². The first-order valence-electron chi connectivity index (χ1n) is 12.8. The Balaban J connectivity index is 1.34. The zero-order valence-electron chi connectivity index (χ0n) is 21.5. The monoisotopic (exact) mass is 511 g/mol. The molecule has 1 aromatic heterocycles. The standard InChI is InChI=1S/C24H33N9O4/c1-12-28-31-33(29-12)30-20(35)17(23(2,3)4)22(37)32-11-15-16(24(15)6-7-24)18(32)21(36)27-14(10-25)9-13-5-8-26-19(13)34/h13-18H,5-9,11H2,1-4H3,(H,26,34)(H,27,36)(H,30,35)/t13-,14-,15-,16-,17+,18-/m0/s1. The van der Waals surface area contributed by atoms with Gasteiger partial charge in [-0.05, 0) is 60.5 Å². The fraction of sp³-hybridized carbons (Fsp3) is 0.750. The second-order valence-corrected chi connectivity index (χ2v) is 11.9. The van der Waals surface area contributed by atoms with Gasteiger partial charge in [0.2, 0.25) is 17.7 Å². The van der Waals surface area contributed by atoms with E-state index >= 15 is 0 Å². The molecule has 1 spiro atoms. The molecule has 4 fully saturated rings. The van der Waals surface area contributed by atoms with Crippen LogP contribution in [0.15, 0.2) is 0 Å². The minimum absolute atomic E-state index is 0.0221. The van der Waals surface area contributed by atoms with Gasteiger partial charge >= 0.3 is 0 Å². The molecule has 13 nitrogen and oxygen atoms in total. The van der Waals surface area contributed by atoms with Crippen LogP contribution in [0.25, 0.3) is 0 Å². The summed E-state index contributed by atoms with van der Waals surface area (Å²) in [7, 11) is 0. The van der Waals surface area contributed by atoms with Gasteiger partial charge in [0.05, 0.1) is 6.07 Å². The molecule has 198 valence electrons. The Bertz CT molecular complexity index is 1180. The molecule has 6 atom stereocenters. The number of hydrogen-bond acceptors (Lipinski definition) is 8. The Morgan fingerprint density at radius 1 is 1.30 bits per heavy atom. The first-order valence-corrected chi connectivity index (χ1v) is 12.8. The molecule has 2 aliphatic carbocycles. The number of tetrazole rings is 1. The van der Waals surface area contributed by atoms with Gasteiger partial charge in [-0.3, -0.25) is 19.2 Å². The van der Waals surface area contributed by atoms with Crippen molar-refractivity contribution in [1.29, 1.82) is 5.26 Å². The molecule has 0 unspecified atom stereocenters. The number of likely N-dealkylation sites (tertiary alicyclic amines) is 1. The Labute approximate surface area is 214 Å². The van der Waals surface area contributed by atoms with Crippen LogP contribution in [0.3, 0.4) is 0 Å². The highest BCUT2D eigenvalue weighted by atomic mass is 16.2. The number of nitrogens with one attached hydrogen (secondary N) is 3. The molecule has 4 amide bonds. The van der Waals surface area contributed by atoms with Crippen molar-refractivity contribution in [2.45, 2.75) is 65.5 Å². The maximum absolute atomic E-state index is 13.9. The lowest BCUT2D eigenvalue weighted by molar-refractivity contribution is -0.150. The molecule has 4 aliphatic rings. The predicted molar refractivity (Wildman–Crippen MR) is 127 cm³/mol. The van der Waals surface area contributed by atoms with Crippen molar-refractivity contribution in [3.8, 4) is 6.07 Å². The van der Waals surface area contributed by atoms with Crippen molar-refractivity contribution >= 4 is 23.6 Å². The topological polar surface area (TPSA) is 175 Å². The fourth-order valence-corrected chi connectivity index (χ4v) is 6.43. The maximum Gasteiger partial charge on any atom is 0.254 e. The lowest BCUT2D eigenvalue weighted by Crippen LogP contribution is -2.56. The largest absolute Gasteiger partial charge is 0.356 e. The summed E-state index contributed by atoms with van der Waals surface area (Å²) in [5.41, 5.74) is 1.87. The molecular formula is C24H33N9O4. The molecule has 0 aromatic carbocycles. The van der Waals surface area contributed by atoms with Gasteiger partial charge in [-0.1, -0.05) is 25.7 Å². The number of nitriles is 1. The minimum atomic E-state index is -1.10. The number of aryl methyl sites for hydroxylation is 1. The van der Waals surface area contributed by atoms with Gasteiger partial charge in [0.25, 0.3) is 5.91 Å². The summed E-state index contributed by atoms with van der Waals surface area (Å²) >= 11 is 0. The van der Waals surface area contributed by atoms with Crippen molar-refractivity contribution < 1.29 is 19.2 Å². The number of fused-ring (bicyclic) bond motifs is 3. The van der Waals surface area contributed by atoms with E-state index in [9.17, 15) is 24.4 Å². The van der Waals surface area contributed by atoms with Gasteiger partial charge in [0.1, 0.15) is 18.0 Å². The van der Waals surface area contributed by atoms with Crippen molar-refractivity contribution in [1.82, 2.24) is 35.8 Å². The van der Waals surface area contributed by atoms with Gasteiger partial charge in [0, 0.05) is 19.0 Å². The highest BCUT2D eigenvalue weighted by Crippen LogP contribution is 2.78. The fourth-order valence-electron chi connectivity index (χ4n) is 6.43. The van der Waals surface area contributed by atoms with E-state index in [1.807, 2.05) is 0 Å². The number of rotatable bonds is 7. The van der Waals surface area contributed by atoms with Gasteiger partial charge < -0.3 is 15.5 Å². The zero-order valence-corrected chi connectivity index (χ0v) is 21.5. The summed E-state index contributed by atoms with van der Waals surface area (Å²) in [4.78, 5) is 55.2. The number of piperidine rings is 1. The number of carbonyl (C=O) groups excluding carboxylic acids is 4. The van der Waals surface area contributed by atoms with Crippen LogP contribution >= 0.6 is 0 Å². The van der Waals surface area contributed by atoms with Crippen LogP contribution in [0.4, 0.5) is 0 Å². The van der Waals surface area contributed by atoms with E-state index in [0.29, 0.717) is 25.3 Å². The number of nitrogens with zero attached hydrogens (tertiary/aromatic N) is 6. The summed E-state index contributed by atoms with van der Waals surface area (Å²) in [6, 6.07) is 0.515. The minimum Gasteiger partial charge on any atom is -0.356 e. The summed E-state index contributed by atoms with van der Waals surface area (Å²) in [6.45, 7) is 7.98. The third-order valence-electron chi connectivity index (χ3n) is 8.43. The molecule has 2 saturated heterocycles. The van der Waals surface area contributed by atoms with Gasteiger partial charge in [0.15, 0.2) is 5.82 Å².